The SMILES string of the molecule is C=CCC(NC(=O)C1CCCN1C(=O)CNC=O)C(=O)NS(=O)(=O)OC1(C)CC1. The van der Waals surface area contributed by atoms with Crippen LogP contribution in [0, 0.1) is 0 Å². The second kappa shape index (κ2) is 9.35. The molecule has 3 N–H and O–H groups in total. The molecule has 0 aromatic heterocycles. The lowest BCUT2D eigenvalue weighted by atomic mass is 10.1. The highest BCUT2D eigenvalue weighted by Gasteiger charge is 2.44. The van der Waals surface area contributed by atoms with Crippen LogP contribution in [0.3, 0.4) is 0 Å². The van der Waals surface area contributed by atoms with Crippen molar-refractivity contribution in [3.8, 4) is 0 Å². The van der Waals surface area contributed by atoms with Gasteiger partial charge in [-0.1, -0.05) is 6.08 Å². The Hall–Kier alpha value is -2.47. The number of hydrogen-bond donors (Lipinski definition) is 3. The maximum absolute atomic E-state index is 12.6. The van der Waals surface area contributed by atoms with E-state index in [1.165, 1.54) is 11.0 Å². The fraction of sp³-hybridized carbons (Fsp3) is 0.647. The third-order valence-electron chi connectivity index (χ3n) is 4.74. The zero-order valence-corrected chi connectivity index (χ0v) is 17.0. The van der Waals surface area contributed by atoms with E-state index in [0.29, 0.717) is 38.6 Å². The average Bonchev–Trinajstić information content (AvgIpc) is 3.15. The average molecular weight is 430 g/mol. The quantitative estimate of drug-likeness (QED) is 0.273. The van der Waals surface area contributed by atoms with Gasteiger partial charge < -0.3 is 15.5 Å². The van der Waals surface area contributed by atoms with Crippen molar-refractivity contribution < 1.29 is 31.8 Å². The van der Waals surface area contributed by atoms with Gasteiger partial charge in [-0.3, -0.25) is 19.2 Å². The van der Waals surface area contributed by atoms with Gasteiger partial charge in [0.25, 0.3) is 5.91 Å². The van der Waals surface area contributed by atoms with Crippen LogP contribution in [0.2, 0.25) is 0 Å². The monoisotopic (exact) mass is 430 g/mol. The first-order chi connectivity index (χ1) is 13.6. The summed E-state index contributed by atoms with van der Waals surface area (Å²) in [5.41, 5.74) is -0.802. The van der Waals surface area contributed by atoms with Crippen molar-refractivity contribution in [2.75, 3.05) is 13.1 Å². The normalized spacial score (nSPS) is 21.0. The van der Waals surface area contributed by atoms with Gasteiger partial charge in [0.1, 0.15) is 12.1 Å². The van der Waals surface area contributed by atoms with Gasteiger partial charge in [-0.05, 0) is 39.0 Å². The van der Waals surface area contributed by atoms with Crippen LogP contribution >= 0.6 is 0 Å². The first-order valence-corrected chi connectivity index (χ1v) is 10.7. The van der Waals surface area contributed by atoms with E-state index in [1.807, 2.05) is 4.72 Å². The number of likely N-dealkylation sites (tertiary alicyclic amines) is 1. The first-order valence-electron chi connectivity index (χ1n) is 9.26. The van der Waals surface area contributed by atoms with Crippen molar-refractivity contribution in [3.05, 3.63) is 12.7 Å². The molecular weight excluding hydrogens is 404 g/mol. The minimum Gasteiger partial charge on any atom is -0.350 e. The highest BCUT2D eigenvalue weighted by atomic mass is 32.2. The van der Waals surface area contributed by atoms with Crippen LogP contribution in [-0.4, -0.2) is 68.2 Å². The molecule has 2 aliphatic rings. The van der Waals surface area contributed by atoms with E-state index >= 15 is 0 Å². The molecule has 1 aliphatic carbocycles. The van der Waals surface area contributed by atoms with Crippen LogP contribution in [0.4, 0.5) is 0 Å². The summed E-state index contributed by atoms with van der Waals surface area (Å²) in [5.74, 6) is -1.97. The Balaban J connectivity index is 2.00. The van der Waals surface area contributed by atoms with Crippen LogP contribution in [-0.2, 0) is 33.7 Å². The lowest BCUT2D eigenvalue weighted by Crippen LogP contribution is -2.54. The molecule has 162 valence electrons. The summed E-state index contributed by atoms with van der Waals surface area (Å²) in [5, 5.41) is 4.73. The summed E-state index contributed by atoms with van der Waals surface area (Å²) >= 11 is 0. The number of carbonyl (C=O) groups excluding carboxylic acids is 4. The largest absolute Gasteiger partial charge is 0.362 e. The fourth-order valence-electron chi connectivity index (χ4n) is 2.97. The number of carbonyl (C=O) groups is 4. The van der Waals surface area contributed by atoms with E-state index in [-0.39, 0.29) is 13.0 Å². The van der Waals surface area contributed by atoms with Crippen LogP contribution in [0.25, 0.3) is 0 Å². The summed E-state index contributed by atoms with van der Waals surface area (Å²) in [6, 6.07) is -2.01. The van der Waals surface area contributed by atoms with Gasteiger partial charge in [-0.15, -0.1) is 6.58 Å². The maximum Gasteiger partial charge on any atom is 0.362 e. The zero-order valence-electron chi connectivity index (χ0n) is 16.2. The van der Waals surface area contributed by atoms with Crippen LogP contribution in [0.5, 0.6) is 0 Å². The van der Waals surface area contributed by atoms with Gasteiger partial charge in [0.15, 0.2) is 0 Å². The molecule has 1 heterocycles. The lowest BCUT2D eigenvalue weighted by molar-refractivity contribution is -0.139. The molecule has 1 saturated heterocycles. The Kier molecular flexibility index (Phi) is 7.36. The van der Waals surface area contributed by atoms with E-state index in [4.69, 9.17) is 4.18 Å². The minimum absolute atomic E-state index is 0.0161. The number of nitrogens with one attached hydrogen (secondary N) is 3. The van der Waals surface area contributed by atoms with E-state index in [2.05, 4.69) is 17.2 Å². The van der Waals surface area contributed by atoms with Crippen molar-refractivity contribution in [2.45, 2.75) is 56.7 Å². The molecule has 2 fully saturated rings. The summed E-state index contributed by atoms with van der Waals surface area (Å²) < 4.78 is 30.8. The summed E-state index contributed by atoms with van der Waals surface area (Å²) in [4.78, 5) is 48.8. The molecule has 1 saturated carbocycles. The van der Waals surface area contributed by atoms with Gasteiger partial charge in [0, 0.05) is 6.54 Å². The Morgan fingerprint density at radius 1 is 1.34 bits per heavy atom. The molecule has 2 rings (SSSR count). The smallest absolute Gasteiger partial charge is 0.350 e. The molecule has 29 heavy (non-hydrogen) atoms. The van der Waals surface area contributed by atoms with Crippen molar-refractivity contribution in [1.82, 2.24) is 20.3 Å². The maximum atomic E-state index is 12.6. The standard InChI is InChI=1S/C17H26N4O7S/c1-3-5-12(15(24)20-29(26,27)28-17(2)7-8-17)19-16(25)13-6-4-9-21(13)14(23)10-18-11-22/h3,11-13H,1,4-10H2,2H3,(H,18,22)(H,19,25)(H,20,24). The van der Waals surface area contributed by atoms with Crippen molar-refractivity contribution in [2.24, 2.45) is 0 Å². The van der Waals surface area contributed by atoms with Gasteiger partial charge in [-0.25, -0.2) is 8.91 Å². The number of amides is 4. The van der Waals surface area contributed by atoms with Crippen molar-refractivity contribution in [3.63, 3.8) is 0 Å². The second-order valence-corrected chi connectivity index (χ2v) is 8.56. The van der Waals surface area contributed by atoms with Crippen molar-refractivity contribution >= 4 is 34.4 Å². The summed E-state index contributed by atoms with van der Waals surface area (Å²) in [6.45, 7) is 5.23. The third kappa shape index (κ3) is 6.53. The Morgan fingerprint density at radius 3 is 2.62 bits per heavy atom. The minimum atomic E-state index is -4.32. The van der Waals surface area contributed by atoms with Gasteiger partial charge in [-0.2, -0.15) is 8.42 Å². The summed E-state index contributed by atoms with van der Waals surface area (Å²) in [6.07, 6.45) is 3.85. The Bertz CT molecular complexity index is 779. The van der Waals surface area contributed by atoms with Gasteiger partial charge in [0.2, 0.25) is 18.2 Å². The molecule has 11 nitrogen and oxygen atoms in total. The number of nitrogens with zero attached hydrogens (tertiary/aromatic N) is 1. The predicted molar refractivity (Wildman–Crippen MR) is 101 cm³/mol. The lowest BCUT2D eigenvalue weighted by Gasteiger charge is -2.26. The topological polar surface area (TPSA) is 151 Å². The predicted octanol–water partition coefficient (Wildman–Crippen LogP) is -1.29. The highest BCUT2D eigenvalue weighted by molar-refractivity contribution is 7.85. The van der Waals surface area contributed by atoms with Crippen LogP contribution in [0.1, 0.15) is 39.0 Å². The van der Waals surface area contributed by atoms with Crippen LogP contribution < -0.4 is 15.4 Å². The van der Waals surface area contributed by atoms with Crippen molar-refractivity contribution in [1.29, 1.82) is 0 Å². The third-order valence-corrected chi connectivity index (χ3v) is 5.81. The fourth-order valence-corrected chi connectivity index (χ4v) is 4.10. The molecule has 0 aromatic rings. The van der Waals surface area contributed by atoms with E-state index in [0.717, 1.165) is 0 Å². The molecule has 2 unspecified atom stereocenters. The Morgan fingerprint density at radius 2 is 2.03 bits per heavy atom. The molecule has 12 heteroatoms. The first kappa shape index (κ1) is 22.8. The second-order valence-electron chi connectivity index (χ2n) is 7.28. The van der Waals surface area contributed by atoms with E-state index in [1.54, 1.807) is 6.92 Å². The molecule has 0 spiro atoms. The zero-order chi connectivity index (χ0) is 21.7. The van der Waals surface area contributed by atoms with Crippen LogP contribution in [0.15, 0.2) is 12.7 Å². The van der Waals surface area contributed by atoms with E-state index < -0.39 is 45.7 Å². The molecular formula is C17H26N4O7S. The van der Waals surface area contributed by atoms with Gasteiger partial charge >= 0.3 is 10.3 Å². The Labute approximate surface area is 169 Å². The van der Waals surface area contributed by atoms with Gasteiger partial charge in [0.05, 0.1) is 12.1 Å². The van der Waals surface area contributed by atoms with E-state index in [9.17, 15) is 27.6 Å². The highest BCUT2D eigenvalue weighted by Crippen LogP contribution is 2.39. The number of rotatable bonds is 11. The molecule has 0 bridgehead atoms. The molecule has 4 amide bonds. The molecule has 2 atom stereocenters. The molecule has 1 aliphatic heterocycles. The number of hydrogen-bond acceptors (Lipinski definition) is 7. The molecule has 0 radical (unpaired) electrons. The summed E-state index contributed by atoms with van der Waals surface area (Å²) in [7, 11) is -4.32. The molecule has 0 aromatic carbocycles.